The Bertz CT molecular complexity index is 437. The molecule has 6 heteroatoms. The summed E-state index contributed by atoms with van der Waals surface area (Å²) in [6.45, 7) is 2.50. The van der Waals surface area contributed by atoms with E-state index in [4.69, 9.17) is 5.11 Å². The maximum atomic E-state index is 11.9. The maximum Gasteiger partial charge on any atom is 0.321 e. The highest BCUT2D eigenvalue weighted by molar-refractivity contribution is 14.1. The zero-order chi connectivity index (χ0) is 13.5. The molecule has 18 heavy (non-hydrogen) atoms. The van der Waals surface area contributed by atoms with Crippen molar-refractivity contribution in [3.05, 3.63) is 27.8 Å². The molecule has 0 saturated carbocycles. The summed E-state index contributed by atoms with van der Waals surface area (Å²) in [5.41, 5.74) is 0.709. The summed E-state index contributed by atoms with van der Waals surface area (Å²) in [5, 5.41) is 11.4. The summed E-state index contributed by atoms with van der Waals surface area (Å²) in [6.07, 6.45) is -0.0480. The summed E-state index contributed by atoms with van der Waals surface area (Å²) in [7, 11) is 0. The van der Waals surface area contributed by atoms with Gasteiger partial charge in [-0.25, -0.2) is 4.79 Å². The van der Waals surface area contributed by atoms with Crippen LogP contribution in [0, 0.1) is 3.57 Å². The minimum absolute atomic E-state index is 0.0480. The third-order valence-electron chi connectivity index (χ3n) is 2.34. The summed E-state index contributed by atoms with van der Waals surface area (Å²) >= 11 is 2.16. The molecule has 0 unspecified atom stereocenters. The van der Waals surface area contributed by atoms with Crippen molar-refractivity contribution in [2.24, 2.45) is 0 Å². The van der Waals surface area contributed by atoms with Gasteiger partial charge in [-0.15, -0.1) is 0 Å². The molecular formula is C12H15IN2O3. The molecule has 0 bridgehead atoms. The van der Waals surface area contributed by atoms with Crippen LogP contribution in [-0.4, -0.2) is 35.1 Å². The van der Waals surface area contributed by atoms with E-state index in [-0.39, 0.29) is 19.0 Å². The molecule has 1 rings (SSSR count). The number of halogens is 1. The topological polar surface area (TPSA) is 69.6 Å². The number of carboxylic acids is 1. The molecule has 0 aliphatic heterocycles. The Labute approximate surface area is 119 Å². The van der Waals surface area contributed by atoms with Crippen LogP contribution in [0.25, 0.3) is 0 Å². The first-order chi connectivity index (χ1) is 8.52. The number of carbonyl (C=O) groups excluding carboxylic acids is 1. The van der Waals surface area contributed by atoms with E-state index in [1.165, 1.54) is 4.90 Å². The quantitative estimate of drug-likeness (QED) is 0.792. The third kappa shape index (κ3) is 4.91. The summed E-state index contributed by atoms with van der Waals surface area (Å²) in [6, 6.07) is 7.15. The van der Waals surface area contributed by atoms with E-state index in [2.05, 4.69) is 27.9 Å². The minimum atomic E-state index is -0.907. The predicted octanol–water partition coefficient (Wildman–Crippen LogP) is 2.62. The van der Waals surface area contributed by atoms with Crippen molar-refractivity contribution in [3.8, 4) is 0 Å². The highest BCUT2D eigenvalue weighted by Gasteiger charge is 2.12. The van der Waals surface area contributed by atoms with Crippen LogP contribution >= 0.6 is 22.6 Å². The van der Waals surface area contributed by atoms with E-state index in [0.29, 0.717) is 12.2 Å². The zero-order valence-corrected chi connectivity index (χ0v) is 12.2. The molecule has 0 fully saturated rings. The van der Waals surface area contributed by atoms with Crippen LogP contribution in [0.2, 0.25) is 0 Å². The van der Waals surface area contributed by atoms with Crippen molar-refractivity contribution < 1.29 is 14.7 Å². The van der Waals surface area contributed by atoms with Crippen LogP contribution in [0.1, 0.15) is 13.3 Å². The molecule has 98 valence electrons. The fraction of sp³-hybridized carbons (Fsp3) is 0.333. The molecule has 0 saturated heterocycles. The molecule has 0 aromatic heterocycles. The molecule has 0 atom stereocenters. The fourth-order valence-electron chi connectivity index (χ4n) is 1.40. The largest absolute Gasteiger partial charge is 0.481 e. The van der Waals surface area contributed by atoms with Crippen molar-refractivity contribution >= 4 is 40.3 Å². The van der Waals surface area contributed by atoms with Gasteiger partial charge >= 0.3 is 12.0 Å². The molecule has 0 aliphatic carbocycles. The lowest BCUT2D eigenvalue weighted by molar-refractivity contribution is -0.137. The van der Waals surface area contributed by atoms with Crippen LogP contribution in [0.4, 0.5) is 10.5 Å². The number of anilines is 1. The second kappa shape index (κ2) is 7.20. The highest BCUT2D eigenvalue weighted by atomic mass is 127. The SMILES string of the molecule is CCN(CCC(=O)O)C(=O)Nc1cccc(I)c1. The number of amides is 2. The fourth-order valence-corrected chi connectivity index (χ4v) is 1.95. The minimum Gasteiger partial charge on any atom is -0.481 e. The summed E-state index contributed by atoms with van der Waals surface area (Å²) in [4.78, 5) is 23.8. The smallest absolute Gasteiger partial charge is 0.321 e. The number of hydrogen-bond donors (Lipinski definition) is 2. The van der Waals surface area contributed by atoms with Crippen LogP contribution in [0.3, 0.4) is 0 Å². The Morgan fingerprint density at radius 3 is 2.72 bits per heavy atom. The Morgan fingerprint density at radius 2 is 2.17 bits per heavy atom. The second-order valence-electron chi connectivity index (χ2n) is 3.66. The first-order valence-corrected chi connectivity index (χ1v) is 6.64. The Morgan fingerprint density at radius 1 is 1.44 bits per heavy atom. The van der Waals surface area contributed by atoms with E-state index in [0.717, 1.165) is 3.57 Å². The number of aliphatic carboxylic acids is 1. The first-order valence-electron chi connectivity index (χ1n) is 5.56. The van der Waals surface area contributed by atoms with Crippen LogP contribution in [0.15, 0.2) is 24.3 Å². The molecule has 1 aromatic rings. The van der Waals surface area contributed by atoms with E-state index < -0.39 is 5.97 Å². The van der Waals surface area contributed by atoms with Gasteiger partial charge in [0.15, 0.2) is 0 Å². The van der Waals surface area contributed by atoms with Gasteiger partial charge in [0.2, 0.25) is 0 Å². The molecule has 1 aromatic carbocycles. The highest BCUT2D eigenvalue weighted by Crippen LogP contribution is 2.13. The normalized spacial score (nSPS) is 9.89. The van der Waals surface area contributed by atoms with Gasteiger partial charge in [0.05, 0.1) is 6.42 Å². The molecule has 0 spiro atoms. The average Bonchev–Trinajstić information content (AvgIpc) is 2.29. The van der Waals surface area contributed by atoms with Crippen molar-refractivity contribution in [2.45, 2.75) is 13.3 Å². The molecule has 2 amide bonds. The van der Waals surface area contributed by atoms with Gasteiger partial charge in [-0.1, -0.05) is 6.07 Å². The van der Waals surface area contributed by atoms with Crippen molar-refractivity contribution in [1.29, 1.82) is 0 Å². The van der Waals surface area contributed by atoms with E-state index >= 15 is 0 Å². The molecule has 0 radical (unpaired) electrons. The number of carbonyl (C=O) groups is 2. The van der Waals surface area contributed by atoms with E-state index in [1.54, 1.807) is 6.07 Å². The van der Waals surface area contributed by atoms with Crippen molar-refractivity contribution in [1.82, 2.24) is 4.90 Å². The van der Waals surface area contributed by atoms with Crippen LogP contribution < -0.4 is 5.32 Å². The lowest BCUT2D eigenvalue weighted by Gasteiger charge is -2.20. The van der Waals surface area contributed by atoms with E-state index in [9.17, 15) is 9.59 Å². The third-order valence-corrected chi connectivity index (χ3v) is 3.01. The maximum absolute atomic E-state index is 11.9. The number of nitrogens with one attached hydrogen (secondary N) is 1. The zero-order valence-electron chi connectivity index (χ0n) is 10.0. The number of nitrogens with zero attached hydrogens (tertiary/aromatic N) is 1. The number of hydrogen-bond acceptors (Lipinski definition) is 2. The predicted molar refractivity (Wildman–Crippen MR) is 77.7 cm³/mol. The van der Waals surface area contributed by atoms with Gasteiger partial charge in [-0.2, -0.15) is 0 Å². The van der Waals surface area contributed by atoms with Gasteiger partial charge in [0, 0.05) is 22.3 Å². The lowest BCUT2D eigenvalue weighted by atomic mass is 10.3. The number of rotatable bonds is 5. The van der Waals surface area contributed by atoms with E-state index in [1.807, 2.05) is 25.1 Å². The molecule has 0 heterocycles. The van der Waals surface area contributed by atoms with Crippen LogP contribution in [0.5, 0.6) is 0 Å². The molecular weight excluding hydrogens is 347 g/mol. The Hall–Kier alpha value is -1.31. The van der Waals surface area contributed by atoms with Crippen molar-refractivity contribution in [2.75, 3.05) is 18.4 Å². The Kier molecular flexibility index (Phi) is 5.90. The summed E-state index contributed by atoms with van der Waals surface area (Å²) in [5.74, 6) is -0.907. The Balaban J connectivity index is 2.59. The van der Waals surface area contributed by atoms with Gasteiger partial charge in [-0.05, 0) is 47.7 Å². The number of urea groups is 1. The van der Waals surface area contributed by atoms with Gasteiger partial charge < -0.3 is 15.3 Å². The standard InChI is InChI=1S/C12H15IN2O3/c1-2-15(7-6-11(16)17)12(18)14-10-5-3-4-9(13)8-10/h3-5,8H,2,6-7H2,1H3,(H,14,18)(H,16,17). The first kappa shape index (κ1) is 14.7. The number of carboxylic acid groups (broad SMARTS) is 1. The van der Waals surface area contributed by atoms with Gasteiger partial charge in [-0.3, -0.25) is 4.79 Å². The molecule has 0 aliphatic rings. The van der Waals surface area contributed by atoms with Gasteiger partial charge in [0.1, 0.15) is 0 Å². The lowest BCUT2D eigenvalue weighted by Crippen LogP contribution is -2.36. The monoisotopic (exact) mass is 362 g/mol. The average molecular weight is 362 g/mol. The van der Waals surface area contributed by atoms with Crippen LogP contribution in [-0.2, 0) is 4.79 Å². The summed E-state index contributed by atoms with van der Waals surface area (Å²) < 4.78 is 1.03. The molecule has 5 nitrogen and oxygen atoms in total. The molecule has 2 N–H and O–H groups in total. The second-order valence-corrected chi connectivity index (χ2v) is 4.91. The van der Waals surface area contributed by atoms with Gasteiger partial charge in [0.25, 0.3) is 0 Å². The number of benzene rings is 1. The van der Waals surface area contributed by atoms with Crippen molar-refractivity contribution in [3.63, 3.8) is 0 Å².